The molecule has 0 atom stereocenters. The summed E-state index contributed by atoms with van der Waals surface area (Å²) in [6, 6.07) is 1.78. The molecule has 0 aliphatic carbocycles. The largest absolute Gasteiger partial charge is 0.359 e. The third-order valence-electron chi connectivity index (χ3n) is 2.27. The molecule has 0 spiro atoms. The van der Waals surface area contributed by atoms with Gasteiger partial charge in [-0.2, -0.15) is 0 Å². The Hall–Kier alpha value is -1.32. The van der Waals surface area contributed by atoms with Gasteiger partial charge in [0.2, 0.25) is 5.91 Å². The monoisotopic (exact) mass is 224 g/mol. The molecule has 0 aromatic carbocycles. The normalized spacial score (nSPS) is 11.5. The van der Waals surface area contributed by atoms with E-state index in [9.17, 15) is 4.79 Å². The van der Waals surface area contributed by atoms with E-state index in [4.69, 9.17) is 4.52 Å². The first-order valence-electron chi connectivity index (χ1n) is 5.70. The van der Waals surface area contributed by atoms with Crippen molar-refractivity contribution in [1.29, 1.82) is 0 Å². The zero-order valence-corrected chi connectivity index (χ0v) is 10.5. The van der Waals surface area contributed by atoms with Crippen molar-refractivity contribution in [3.63, 3.8) is 0 Å². The number of anilines is 1. The quantitative estimate of drug-likeness (QED) is 0.855. The number of hydrogen-bond donors (Lipinski definition) is 1. The summed E-state index contributed by atoms with van der Waals surface area (Å²) in [6.07, 6.45) is 2.45. The van der Waals surface area contributed by atoms with Crippen molar-refractivity contribution in [1.82, 2.24) is 5.16 Å². The molecule has 0 radical (unpaired) electrons. The van der Waals surface area contributed by atoms with Gasteiger partial charge in [-0.1, -0.05) is 39.3 Å². The number of unbranched alkanes of at least 4 members (excludes halogenated alkanes) is 1. The SMILES string of the molecule is CCCCC(=O)Nc1cc(C(C)(C)C)on1. The Kier molecular flexibility index (Phi) is 4.10. The Morgan fingerprint density at radius 1 is 1.50 bits per heavy atom. The predicted octanol–water partition coefficient (Wildman–Crippen LogP) is 3.10. The average molecular weight is 224 g/mol. The molecule has 0 saturated heterocycles. The molecule has 1 aromatic heterocycles. The molecule has 4 heteroatoms. The number of nitrogens with one attached hydrogen (secondary N) is 1. The standard InChI is InChI=1S/C12H20N2O2/c1-5-6-7-11(15)13-10-8-9(16-14-10)12(2,3)4/h8H,5-7H2,1-4H3,(H,13,14,15). The van der Waals surface area contributed by atoms with Crippen molar-refractivity contribution in [2.24, 2.45) is 0 Å². The molecule has 0 aliphatic rings. The molecule has 0 bridgehead atoms. The van der Waals surface area contributed by atoms with E-state index in [1.54, 1.807) is 6.07 Å². The summed E-state index contributed by atoms with van der Waals surface area (Å²) in [6.45, 7) is 8.17. The Morgan fingerprint density at radius 3 is 2.69 bits per heavy atom. The lowest BCUT2D eigenvalue weighted by Gasteiger charge is -2.11. The van der Waals surface area contributed by atoms with Crippen LogP contribution in [0, 0.1) is 0 Å². The first-order valence-corrected chi connectivity index (χ1v) is 5.70. The maximum absolute atomic E-state index is 11.4. The molecule has 0 unspecified atom stereocenters. The van der Waals surface area contributed by atoms with Crippen LogP contribution in [0.1, 0.15) is 52.7 Å². The first kappa shape index (κ1) is 12.7. The van der Waals surface area contributed by atoms with Crippen molar-refractivity contribution in [3.8, 4) is 0 Å². The number of hydrogen-bond acceptors (Lipinski definition) is 3. The van der Waals surface area contributed by atoms with Gasteiger partial charge in [-0.15, -0.1) is 0 Å². The van der Waals surface area contributed by atoms with Gasteiger partial charge in [0.1, 0.15) is 5.76 Å². The van der Waals surface area contributed by atoms with Crippen LogP contribution in [0.5, 0.6) is 0 Å². The highest BCUT2D eigenvalue weighted by atomic mass is 16.5. The first-order chi connectivity index (χ1) is 7.43. The molecule has 0 aliphatic heterocycles. The van der Waals surface area contributed by atoms with E-state index in [0.717, 1.165) is 18.6 Å². The van der Waals surface area contributed by atoms with E-state index in [2.05, 4.69) is 17.4 Å². The van der Waals surface area contributed by atoms with Gasteiger partial charge >= 0.3 is 0 Å². The molecular formula is C12H20N2O2. The van der Waals surface area contributed by atoms with Crippen molar-refractivity contribution in [3.05, 3.63) is 11.8 Å². The average Bonchev–Trinajstić information content (AvgIpc) is 2.62. The summed E-state index contributed by atoms with van der Waals surface area (Å²) in [7, 11) is 0. The second kappa shape index (κ2) is 5.14. The van der Waals surface area contributed by atoms with E-state index >= 15 is 0 Å². The van der Waals surface area contributed by atoms with E-state index in [-0.39, 0.29) is 11.3 Å². The van der Waals surface area contributed by atoms with Crippen molar-refractivity contribution >= 4 is 11.7 Å². The van der Waals surface area contributed by atoms with E-state index in [1.165, 1.54) is 0 Å². The maximum Gasteiger partial charge on any atom is 0.225 e. The predicted molar refractivity (Wildman–Crippen MR) is 63.4 cm³/mol. The Balaban J connectivity index is 2.56. The second-order valence-electron chi connectivity index (χ2n) is 4.98. The third kappa shape index (κ3) is 3.68. The van der Waals surface area contributed by atoms with Crippen molar-refractivity contribution in [2.75, 3.05) is 5.32 Å². The smallest absolute Gasteiger partial charge is 0.225 e. The van der Waals surface area contributed by atoms with Crippen molar-refractivity contribution in [2.45, 2.75) is 52.4 Å². The summed E-state index contributed by atoms with van der Waals surface area (Å²) in [5.41, 5.74) is -0.0839. The van der Waals surface area contributed by atoms with E-state index in [0.29, 0.717) is 12.2 Å². The van der Waals surface area contributed by atoms with Gasteiger partial charge in [0.05, 0.1) is 0 Å². The van der Waals surface area contributed by atoms with Crippen LogP contribution in [0.15, 0.2) is 10.6 Å². The van der Waals surface area contributed by atoms with Crippen LogP contribution in [0.25, 0.3) is 0 Å². The van der Waals surface area contributed by atoms with Gasteiger partial charge in [-0.25, -0.2) is 0 Å². The van der Waals surface area contributed by atoms with Gasteiger partial charge in [0.15, 0.2) is 5.82 Å². The zero-order chi connectivity index (χ0) is 12.2. The van der Waals surface area contributed by atoms with Crippen LogP contribution < -0.4 is 5.32 Å². The second-order valence-corrected chi connectivity index (χ2v) is 4.98. The molecule has 0 saturated carbocycles. The molecule has 1 N–H and O–H groups in total. The number of amides is 1. The molecule has 1 aromatic rings. The molecule has 4 nitrogen and oxygen atoms in total. The summed E-state index contributed by atoms with van der Waals surface area (Å²) in [5, 5.41) is 6.55. The molecule has 0 fully saturated rings. The Labute approximate surface area is 96.4 Å². The number of rotatable bonds is 4. The molecule has 1 rings (SSSR count). The van der Waals surface area contributed by atoms with Crippen LogP contribution in [0.3, 0.4) is 0 Å². The Morgan fingerprint density at radius 2 is 2.19 bits per heavy atom. The van der Waals surface area contributed by atoms with Crippen LogP contribution in [-0.2, 0) is 10.2 Å². The van der Waals surface area contributed by atoms with Crippen molar-refractivity contribution < 1.29 is 9.32 Å². The highest BCUT2D eigenvalue weighted by molar-refractivity contribution is 5.89. The van der Waals surface area contributed by atoms with Crippen LogP contribution in [0.2, 0.25) is 0 Å². The summed E-state index contributed by atoms with van der Waals surface area (Å²) >= 11 is 0. The lowest BCUT2D eigenvalue weighted by Crippen LogP contribution is -2.11. The number of carbonyl (C=O) groups is 1. The fraction of sp³-hybridized carbons (Fsp3) is 0.667. The number of carbonyl (C=O) groups excluding carboxylic acids is 1. The molecule has 1 heterocycles. The third-order valence-corrected chi connectivity index (χ3v) is 2.27. The highest BCUT2D eigenvalue weighted by Crippen LogP contribution is 2.24. The van der Waals surface area contributed by atoms with Gasteiger partial charge in [0.25, 0.3) is 0 Å². The van der Waals surface area contributed by atoms with Gasteiger partial charge < -0.3 is 9.84 Å². The van der Waals surface area contributed by atoms with Crippen LogP contribution in [0.4, 0.5) is 5.82 Å². The van der Waals surface area contributed by atoms with Crippen LogP contribution >= 0.6 is 0 Å². The summed E-state index contributed by atoms with van der Waals surface area (Å²) < 4.78 is 5.17. The fourth-order valence-electron chi connectivity index (χ4n) is 1.23. The molecular weight excluding hydrogens is 204 g/mol. The summed E-state index contributed by atoms with van der Waals surface area (Å²) in [5.74, 6) is 1.28. The van der Waals surface area contributed by atoms with Gasteiger partial charge in [-0.3, -0.25) is 4.79 Å². The summed E-state index contributed by atoms with van der Waals surface area (Å²) in [4.78, 5) is 11.4. The lowest BCUT2D eigenvalue weighted by molar-refractivity contribution is -0.116. The molecule has 1 amide bonds. The van der Waals surface area contributed by atoms with Gasteiger partial charge in [0, 0.05) is 17.9 Å². The van der Waals surface area contributed by atoms with Gasteiger partial charge in [-0.05, 0) is 6.42 Å². The molecule has 16 heavy (non-hydrogen) atoms. The maximum atomic E-state index is 11.4. The molecule has 90 valence electrons. The Bertz CT molecular complexity index is 350. The van der Waals surface area contributed by atoms with Crippen LogP contribution in [-0.4, -0.2) is 11.1 Å². The number of nitrogens with zero attached hydrogens (tertiary/aromatic N) is 1. The minimum atomic E-state index is -0.0839. The fourth-order valence-corrected chi connectivity index (χ4v) is 1.23. The van der Waals surface area contributed by atoms with E-state index < -0.39 is 0 Å². The number of aromatic nitrogens is 1. The topological polar surface area (TPSA) is 55.1 Å². The minimum absolute atomic E-state index is 0.00407. The van der Waals surface area contributed by atoms with E-state index in [1.807, 2.05) is 20.8 Å². The zero-order valence-electron chi connectivity index (χ0n) is 10.5. The lowest BCUT2D eigenvalue weighted by atomic mass is 9.93. The minimum Gasteiger partial charge on any atom is -0.359 e. The highest BCUT2D eigenvalue weighted by Gasteiger charge is 2.20.